The molecule has 0 atom stereocenters. The number of ether oxygens (including phenoxy) is 2. The number of thiophene rings is 1. The highest BCUT2D eigenvalue weighted by Crippen LogP contribution is 2.33. The van der Waals surface area contributed by atoms with Crippen molar-refractivity contribution in [3.8, 4) is 11.5 Å². The van der Waals surface area contributed by atoms with Crippen LogP contribution in [0.4, 0.5) is 5.69 Å². The largest absolute Gasteiger partial charge is 0.495 e. The molecular formula is C21H21NO5S2. The van der Waals surface area contributed by atoms with E-state index in [1.807, 2.05) is 0 Å². The van der Waals surface area contributed by atoms with Crippen molar-refractivity contribution in [2.24, 2.45) is 0 Å². The van der Waals surface area contributed by atoms with Gasteiger partial charge in [0.05, 0.1) is 24.9 Å². The molecule has 0 radical (unpaired) electrons. The van der Waals surface area contributed by atoms with Crippen LogP contribution < -0.4 is 13.8 Å². The van der Waals surface area contributed by atoms with E-state index >= 15 is 0 Å². The molecule has 2 aromatic carbocycles. The van der Waals surface area contributed by atoms with E-state index < -0.39 is 10.0 Å². The van der Waals surface area contributed by atoms with Crippen molar-refractivity contribution in [1.82, 2.24) is 0 Å². The third-order valence-corrected chi connectivity index (χ3v) is 7.40. The number of Topliss-reactive ketones (excluding diaryl/α,β-unsaturated/α-hetero) is 1. The van der Waals surface area contributed by atoms with Gasteiger partial charge in [0.2, 0.25) is 0 Å². The van der Waals surface area contributed by atoms with Gasteiger partial charge in [-0.1, -0.05) is 30.3 Å². The third-order valence-electron chi connectivity index (χ3n) is 4.21. The second kappa shape index (κ2) is 9.11. The Balaban J connectivity index is 1.90. The predicted molar refractivity (Wildman–Crippen MR) is 114 cm³/mol. The van der Waals surface area contributed by atoms with Crippen LogP contribution in [0.2, 0.25) is 0 Å². The first kappa shape index (κ1) is 20.9. The molecule has 0 bridgehead atoms. The Morgan fingerprint density at radius 2 is 1.69 bits per heavy atom. The predicted octanol–water partition coefficient (Wildman–Crippen LogP) is 4.23. The van der Waals surface area contributed by atoms with Gasteiger partial charge in [-0.15, -0.1) is 11.3 Å². The maximum Gasteiger partial charge on any atom is 0.274 e. The molecule has 0 amide bonds. The highest BCUT2D eigenvalue weighted by atomic mass is 32.2. The fourth-order valence-electron chi connectivity index (χ4n) is 2.85. The van der Waals surface area contributed by atoms with Crippen LogP contribution in [0.1, 0.15) is 17.3 Å². The molecule has 1 aromatic heterocycles. The van der Waals surface area contributed by atoms with E-state index in [9.17, 15) is 13.2 Å². The number of carbonyl (C=O) groups excluding carboxylic acids is 1. The smallest absolute Gasteiger partial charge is 0.274 e. The summed E-state index contributed by atoms with van der Waals surface area (Å²) in [6.45, 7) is 1.57. The molecule has 0 fully saturated rings. The standard InChI is InChI=1S/C21H21NO5S2/c1-16(23)17-8-3-5-10-19(17)27-14-13-22(18-9-4-6-11-20(18)26-2)29(24,25)21-12-7-15-28-21/h3-12,15H,13-14H2,1-2H3. The Bertz CT molecular complexity index is 1080. The topological polar surface area (TPSA) is 72.9 Å². The summed E-state index contributed by atoms with van der Waals surface area (Å²) in [7, 11) is -2.30. The van der Waals surface area contributed by atoms with E-state index in [1.165, 1.54) is 18.3 Å². The van der Waals surface area contributed by atoms with Gasteiger partial charge in [-0.25, -0.2) is 8.42 Å². The van der Waals surface area contributed by atoms with E-state index in [4.69, 9.17) is 9.47 Å². The number of ketones is 1. The van der Waals surface area contributed by atoms with E-state index in [1.54, 1.807) is 66.0 Å². The van der Waals surface area contributed by atoms with Crippen molar-refractivity contribution in [2.45, 2.75) is 11.1 Å². The molecular weight excluding hydrogens is 410 g/mol. The van der Waals surface area contributed by atoms with Crippen molar-refractivity contribution >= 4 is 32.8 Å². The van der Waals surface area contributed by atoms with Crippen molar-refractivity contribution in [3.05, 3.63) is 71.6 Å². The van der Waals surface area contributed by atoms with Gasteiger partial charge in [0.25, 0.3) is 10.0 Å². The molecule has 8 heteroatoms. The molecule has 3 rings (SSSR count). The molecule has 0 aliphatic heterocycles. The molecule has 6 nitrogen and oxygen atoms in total. The zero-order valence-corrected chi connectivity index (χ0v) is 17.7. The average Bonchev–Trinajstić information content (AvgIpc) is 3.27. The minimum atomic E-state index is -3.80. The molecule has 0 saturated carbocycles. The molecule has 1 heterocycles. The van der Waals surface area contributed by atoms with Crippen molar-refractivity contribution < 1.29 is 22.7 Å². The summed E-state index contributed by atoms with van der Waals surface area (Å²) in [5, 5.41) is 1.72. The van der Waals surface area contributed by atoms with E-state index in [0.29, 0.717) is 22.7 Å². The first-order valence-electron chi connectivity index (χ1n) is 8.87. The normalized spacial score (nSPS) is 11.1. The summed E-state index contributed by atoms with van der Waals surface area (Å²) >= 11 is 1.15. The van der Waals surface area contributed by atoms with Crippen molar-refractivity contribution in [1.29, 1.82) is 0 Å². The Morgan fingerprint density at radius 1 is 1.00 bits per heavy atom. The van der Waals surface area contributed by atoms with Gasteiger partial charge in [-0.2, -0.15) is 0 Å². The lowest BCUT2D eigenvalue weighted by Gasteiger charge is -2.25. The van der Waals surface area contributed by atoms with Crippen LogP contribution in [0, 0.1) is 0 Å². The number of hydrogen-bond acceptors (Lipinski definition) is 6. The van der Waals surface area contributed by atoms with Gasteiger partial charge >= 0.3 is 0 Å². The summed E-state index contributed by atoms with van der Waals surface area (Å²) in [4.78, 5) is 11.8. The molecule has 0 aliphatic rings. The second-order valence-corrected chi connectivity index (χ2v) is 9.12. The molecule has 152 valence electrons. The zero-order valence-electron chi connectivity index (χ0n) is 16.1. The average molecular weight is 432 g/mol. The van der Waals surface area contributed by atoms with Crippen LogP contribution in [0.15, 0.2) is 70.3 Å². The van der Waals surface area contributed by atoms with Crippen LogP contribution in [0.25, 0.3) is 0 Å². The first-order chi connectivity index (χ1) is 13.9. The summed E-state index contributed by atoms with van der Waals surface area (Å²) in [5.74, 6) is 0.749. The minimum absolute atomic E-state index is 0.0485. The number of hydrogen-bond donors (Lipinski definition) is 0. The molecule has 0 unspecified atom stereocenters. The minimum Gasteiger partial charge on any atom is -0.495 e. The fourth-order valence-corrected chi connectivity index (χ4v) is 5.41. The SMILES string of the molecule is COc1ccccc1N(CCOc1ccccc1C(C)=O)S(=O)(=O)c1cccs1. The highest BCUT2D eigenvalue weighted by Gasteiger charge is 2.28. The Morgan fingerprint density at radius 3 is 2.34 bits per heavy atom. The van der Waals surface area contributed by atoms with Gasteiger partial charge in [0.15, 0.2) is 5.78 Å². The maximum absolute atomic E-state index is 13.3. The Hall–Kier alpha value is -2.84. The maximum atomic E-state index is 13.3. The summed E-state index contributed by atoms with van der Waals surface area (Å²) < 4.78 is 39.1. The van der Waals surface area contributed by atoms with Crippen LogP contribution in [0.3, 0.4) is 0 Å². The summed E-state index contributed by atoms with van der Waals surface area (Å²) in [6.07, 6.45) is 0. The molecule has 0 spiro atoms. The number of sulfonamides is 1. The van der Waals surface area contributed by atoms with E-state index in [2.05, 4.69) is 0 Å². The van der Waals surface area contributed by atoms with E-state index in [-0.39, 0.29) is 23.1 Å². The van der Waals surface area contributed by atoms with Gasteiger partial charge < -0.3 is 9.47 Å². The lowest BCUT2D eigenvalue weighted by Crippen LogP contribution is -2.34. The molecule has 3 aromatic rings. The number of nitrogens with zero attached hydrogens (tertiary/aromatic N) is 1. The highest BCUT2D eigenvalue weighted by molar-refractivity contribution is 7.94. The summed E-state index contributed by atoms with van der Waals surface area (Å²) in [5.41, 5.74) is 0.879. The van der Waals surface area contributed by atoms with E-state index in [0.717, 1.165) is 11.3 Å². The Kier molecular flexibility index (Phi) is 6.56. The number of anilines is 1. The number of rotatable bonds is 9. The molecule has 0 saturated heterocycles. The van der Waals surface area contributed by atoms with Crippen LogP contribution >= 0.6 is 11.3 Å². The van der Waals surface area contributed by atoms with Crippen molar-refractivity contribution in [3.63, 3.8) is 0 Å². The van der Waals surface area contributed by atoms with Crippen molar-refractivity contribution in [2.75, 3.05) is 24.6 Å². The van der Waals surface area contributed by atoms with Gasteiger partial charge in [0, 0.05) is 0 Å². The quantitative estimate of drug-likeness (QED) is 0.474. The van der Waals surface area contributed by atoms with Gasteiger partial charge in [-0.05, 0) is 42.6 Å². The second-order valence-electron chi connectivity index (χ2n) is 6.08. The van der Waals surface area contributed by atoms with Gasteiger partial charge in [-0.3, -0.25) is 9.10 Å². The lowest BCUT2D eigenvalue weighted by molar-refractivity contribution is 0.101. The number of methoxy groups -OCH3 is 1. The lowest BCUT2D eigenvalue weighted by atomic mass is 10.1. The number of benzene rings is 2. The first-order valence-corrected chi connectivity index (χ1v) is 11.2. The monoisotopic (exact) mass is 431 g/mol. The molecule has 0 aliphatic carbocycles. The zero-order chi connectivity index (χ0) is 20.9. The number of para-hydroxylation sites is 3. The Labute approximate surface area is 174 Å². The number of carbonyl (C=O) groups is 1. The van der Waals surface area contributed by atoms with Crippen LogP contribution in [0.5, 0.6) is 11.5 Å². The molecule has 29 heavy (non-hydrogen) atoms. The summed E-state index contributed by atoms with van der Waals surface area (Å²) in [6, 6.07) is 17.1. The third kappa shape index (κ3) is 4.60. The molecule has 0 N–H and O–H groups in total. The fraction of sp³-hybridized carbons (Fsp3) is 0.190. The van der Waals surface area contributed by atoms with Gasteiger partial charge in [0.1, 0.15) is 22.3 Å². The van der Waals surface area contributed by atoms with Crippen LogP contribution in [-0.2, 0) is 10.0 Å². The van der Waals surface area contributed by atoms with Crippen LogP contribution in [-0.4, -0.2) is 34.5 Å².